The molecule has 21 heavy (non-hydrogen) atoms. The third-order valence-corrected chi connectivity index (χ3v) is 3.50. The van der Waals surface area contributed by atoms with E-state index in [1.807, 2.05) is 30.3 Å². The molecule has 104 valence electrons. The molecule has 3 aromatic rings. The van der Waals surface area contributed by atoms with E-state index in [1.54, 1.807) is 18.2 Å². The molecule has 0 unspecified atom stereocenters. The van der Waals surface area contributed by atoms with Crippen molar-refractivity contribution < 1.29 is 13.9 Å². The molecule has 4 nitrogen and oxygen atoms in total. The molecule has 0 atom stereocenters. The molecule has 0 fully saturated rings. The molecule has 0 saturated carbocycles. The molecular formula is C17H12O4. The molecule has 0 N–H and O–H groups in total. The van der Waals surface area contributed by atoms with E-state index in [0.29, 0.717) is 23.2 Å². The average molecular weight is 280 g/mol. The Labute approximate surface area is 120 Å². The zero-order valence-electron chi connectivity index (χ0n) is 11.2. The summed E-state index contributed by atoms with van der Waals surface area (Å²) in [6, 6.07) is 14.5. The molecule has 0 aliphatic carbocycles. The first-order valence-electron chi connectivity index (χ1n) is 6.70. The molecule has 4 rings (SSSR count). The van der Waals surface area contributed by atoms with Crippen LogP contribution in [0.25, 0.3) is 11.0 Å². The second kappa shape index (κ2) is 4.66. The van der Waals surface area contributed by atoms with Gasteiger partial charge in [-0.1, -0.05) is 18.2 Å². The number of hydrogen-bond donors (Lipinski definition) is 0. The second-order valence-electron chi connectivity index (χ2n) is 4.94. The molecule has 1 aliphatic heterocycles. The SMILES string of the molecule is O=c1cc(Cc2ccc3c(c2)OCO3)oc2ccccc12. The van der Waals surface area contributed by atoms with Crippen molar-refractivity contribution in [2.45, 2.75) is 6.42 Å². The van der Waals surface area contributed by atoms with Gasteiger partial charge in [-0.15, -0.1) is 0 Å². The fourth-order valence-electron chi connectivity index (χ4n) is 2.49. The lowest BCUT2D eigenvalue weighted by molar-refractivity contribution is 0.174. The van der Waals surface area contributed by atoms with E-state index in [1.165, 1.54) is 0 Å². The van der Waals surface area contributed by atoms with Gasteiger partial charge in [-0.05, 0) is 29.8 Å². The first-order chi connectivity index (χ1) is 10.3. The van der Waals surface area contributed by atoms with Gasteiger partial charge in [0.1, 0.15) is 11.3 Å². The van der Waals surface area contributed by atoms with Crippen LogP contribution in [0.3, 0.4) is 0 Å². The molecule has 4 heteroatoms. The molecule has 1 aliphatic rings. The van der Waals surface area contributed by atoms with Gasteiger partial charge < -0.3 is 13.9 Å². The van der Waals surface area contributed by atoms with Crippen LogP contribution < -0.4 is 14.9 Å². The largest absolute Gasteiger partial charge is 0.460 e. The van der Waals surface area contributed by atoms with Crippen LogP contribution in [0.2, 0.25) is 0 Å². The topological polar surface area (TPSA) is 48.7 Å². The van der Waals surface area contributed by atoms with Crippen LogP contribution >= 0.6 is 0 Å². The summed E-state index contributed by atoms with van der Waals surface area (Å²) in [5.74, 6) is 2.12. The predicted octanol–water partition coefficient (Wildman–Crippen LogP) is 3.11. The molecule has 0 bridgehead atoms. The third kappa shape index (κ3) is 2.14. The standard InChI is InChI=1S/C17H12O4/c18-14-9-12(21-15-4-2-1-3-13(14)15)7-11-5-6-16-17(8-11)20-10-19-16/h1-6,8-9H,7,10H2. The average Bonchev–Trinajstić information content (AvgIpc) is 2.95. The summed E-state index contributed by atoms with van der Waals surface area (Å²) in [4.78, 5) is 12.1. The van der Waals surface area contributed by atoms with Crippen molar-refractivity contribution in [1.29, 1.82) is 0 Å². The fourth-order valence-corrected chi connectivity index (χ4v) is 2.49. The van der Waals surface area contributed by atoms with E-state index in [9.17, 15) is 4.79 Å². The fraction of sp³-hybridized carbons (Fsp3) is 0.118. The van der Waals surface area contributed by atoms with Gasteiger partial charge in [0.2, 0.25) is 6.79 Å². The third-order valence-electron chi connectivity index (χ3n) is 3.50. The van der Waals surface area contributed by atoms with E-state index in [0.717, 1.165) is 17.1 Å². The maximum atomic E-state index is 12.1. The summed E-state index contributed by atoms with van der Waals surface area (Å²) in [5.41, 5.74) is 1.60. The van der Waals surface area contributed by atoms with E-state index < -0.39 is 0 Å². The predicted molar refractivity (Wildman–Crippen MR) is 77.9 cm³/mol. The number of para-hydroxylation sites is 1. The van der Waals surface area contributed by atoms with Crippen molar-refractivity contribution in [3.8, 4) is 11.5 Å². The molecule has 0 spiro atoms. The summed E-state index contributed by atoms with van der Waals surface area (Å²) in [6.07, 6.45) is 0.538. The lowest BCUT2D eigenvalue weighted by atomic mass is 10.1. The van der Waals surface area contributed by atoms with Crippen LogP contribution in [-0.2, 0) is 6.42 Å². The minimum Gasteiger partial charge on any atom is -0.460 e. The minimum atomic E-state index is -0.0207. The number of fused-ring (bicyclic) bond motifs is 2. The van der Waals surface area contributed by atoms with Gasteiger partial charge in [-0.2, -0.15) is 0 Å². The zero-order valence-corrected chi connectivity index (χ0v) is 11.2. The highest BCUT2D eigenvalue weighted by Gasteiger charge is 2.14. The van der Waals surface area contributed by atoms with Crippen molar-refractivity contribution >= 4 is 11.0 Å². The Balaban J connectivity index is 1.72. The maximum Gasteiger partial charge on any atom is 0.231 e. The van der Waals surface area contributed by atoms with Gasteiger partial charge in [0.15, 0.2) is 16.9 Å². The van der Waals surface area contributed by atoms with Crippen molar-refractivity contribution in [2.75, 3.05) is 6.79 Å². The van der Waals surface area contributed by atoms with E-state index in [2.05, 4.69) is 0 Å². The summed E-state index contributed by atoms with van der Waals surface area (Å²) < 4.78 is 16.4. The van der Waals surface area contributed by atoms with Crippen molar-refractivity contribution in [1.82, 2.24) is 0 Å². The lowest BCUT2D eigenvalue weighted by Crippen LogP contribution is -2.02. The molecule has 0 radical (unpaired) electrons. The Kier molecular flexibility index (Phi) is 2.67. The van der Waals surface area contributed by atoms with E-state index >= 15 is 0 Å². The number of hydrogen-bond acceptors (Lipinski definition) is 4. The first-order valence-corrected chi connectivity index (χ1v) is 6.70. The Morgan fingerprint density at radius 3 is 2.76 bits per heavy atom. The van der Waals surface area contributed by atoms with Gasteiger partial charge in [-0.3, -0.25) is 4.79 Å². The Hall–Kier alpha value is -2.75. The number of benzene rings is 2. The molecular weight excluding hydrogens is 268 g/mol. The summed E-state index contributed by atoms with van der Waals surface area (Å²) >= 11 is 0. The minimum absolute atomic E-state index is 0.0207. The van der Waals surface area contributed by atoms with Crippen LogP contribution in [0.4, 0.5) is 0 Å². The van der Waals surface area contributed by atoms with Gasteiger partial charge in [0.05, 0.1) is 5.39 Å². The first kappa shape index (κ1) is 12.0. The monoisotopic (exact) mass is 280 g/mol. The molecule has 1 aromatic heterocycles. The summed E-state index contributed by atoms with van der Waals surface area (Å²) in [7, 11) is 0. The molecule has 0 amide bonds. The van der Waals surface area contributed by atoms with Gasteiger partial charge in [0.25, 0.3) is 0 Å². The van der Waals surface area contributed by atoms with Crippen LogP contribution in [0.1, 0.15) is 11.3 Å². The zero-order chi connectivity index (χ0) is 14.2. The quantitative estimate of drug-likeness (QED) is 0.723. The van der Waals surface area contributed by atoms with Crippen LogP contribution in [0.15, 0.2) is 57.7 Å². The van der Waals surface area contributed by atoms with Gasteiger partial charge in [0, 0.05) is 12.5 Å². The lowest BCUT2D eigenvalue weighted by Gasteiger charge is -2.04. The highest BCUT2D eigenvalue weighted by Crippen LogP contribution is 2.33. The van der Waals surface area contributed by atoms with Crippen LogP contribution in [0, 0.1) is 0 Å². The van der Waals surface area contributed by atoms with Gasteiger partial charge in [-0.25, -0.2) is 0 Å². The number of rotatable bonds is 2. The molecule has 2 heterocycles. The highest BCUT2D eigenvalue weighted by atomic mass is 16.7. The number of ether oxygens (including phenoxy) is 2. The Morgan fingerprint density at radius 1 is 0.952 bits per heavy atom. The van der Waals surface area contributed by atoms with Crippen LogP contribution in [-0.4, -0.2) is 6.79 Å². The smallest absolute Gasteiger partial charge is 0.231 e. The highest BCUT2D eigenvalue weighted by molar-refractivity contribution is 5.76. The normalized spacial score (nSPS) is 12.8. The van der Waals surface area contributed by atoms with Crippen molar-refractivity contribution in [3.05, 3.63) is 70.1 Å². The molecule has 0 saturated heterocycles. The molecule has 2 aromatic carbocycles. The maximum absolute atomic E-state index is 12.1. The Bertz CT molecular complexity index is 879. The summed E-state index contributed by atoms with van der Waals surface area (Å²) in [6.45, 7) is 0.254. The van der Waals surface area contributed by atoms with E-state index in [-0.39, 0.29) is 12.2 Å². The van der Waals surface area contributed by atoms with Gasteiger partial charge >= 0.3 is 0 Å². The summed E-state index contributed by atoms with van der Waals surface area (Å²) in [5, 5.41) is 0.604. The van der Waals surface area contributed by atoms with E-state index in [4.69, 9.17) is 13.9 Å². The van der Waals surface area contributed by atoms with Crippen molar-refractivity contribution in [3.63, 3.8) is 0 Å². The van der Waals surface area contributed by atoms with Crippen molar-refractivity contribution in [2.24, 2.45) is 0 Å². The second-order valence-corrected chi connectivity index (χ2v) is 4.94. The Morgan fingerprint density at radius 2 is 1.81 bits per heavy atom. The van der Waals surface area contributed by atoms with Crippen LogP contribution in [0.5, 0.6) is 11.5 Å².